The third kappa shape index (κ3) is 3.74. The second-order valence-corrected chi connectivity index (χ2v) is 7.20. The zero-order valence-corrected chi connectivity index (χ0v) is 15.4. The van der Waals surface area contributed by atoms with Crippen molar-refractivity contribution in [3.63, 3.8) is 0 Å². The van der Waals surface area contributed by atoms with Crippen molar-refractivity contribution < 1.29 is 9.59 Å². The van der Waals surface area contributed by atoms with E-state index in [1.165, 1.54) is 16.7 Å². The molecule has 0 radical (unpaired) electrons. The molecule has 2 aliphatic heterocycles. The maximum Gasteiger partial charge on any atom is 0.317 e. The third-order valence-electron chi connectivity index (χ3n) is 5.27. The van der Waals surface area contributed by atoms with Crippen LogP contribution in [0.25, 0.3) is 11.1 Å². The van der Waals surface area contributed by atoms with Gasteiger partial charge in [0.1, 0.15) is 0 Å². The SMILES string of the molecule is Cc1cccc(-c2ccc(CNC(=O)N3CCN4C(=O)NCC4C3)cc2)c1. The minimum absolute atomic E-state index is 0.0197. The number of piperazine rings is 1. The van der Waals surface area contributed by atoms with E-state index in [-0.39, 0.29) is 18.1 Å². The van der Waals surface area contributed by atoms with Gasteiger partial charge in [0.2, 0.25) is 0 Å². The van der Waals surface area contributed by atoms with Crippen LogP contribution in [0.4, 0.5) is 9.59 Å². The summed E-state index contributed by atoms with van der Waals surface area (Å²) in [6.45, 7) is 4.94. The van der Waals surface area contributed by atoms with Gasteiger partial charge < -0.3 is 20.4 Å². The molecule has 2 fully saturated rings. The Hall–Kier alpha value is -3.02. The fraction of sp³-hybridized carbons (Fsp3) is 0.333. The molecule has 0 aliphatic carbocycles. The molecule has 2 aliphatic rings. The summed E-state index contributed by atoms with van der Waals surface area (Å²) in [6, 6.07) is 16.7. The van der Waals surface area contributed by atoms with Crippen molar-refractivity contribution in [2.45, 2.75) is 19.5 Å². The fourth-order valence-electron chi connectivity index (χ4n) is 3.72. The van der Waals surface area contributed by atoms with E-state index in [9.17, 15) is 9.59 Å². The molecule has 2 heterocycles. The summed E-state index contributed by atoms with van der Waals surface area (Å²) in [6.07, 6.45) is 0. The van der Waals surface area contributed by atoms with Gasteiger partial charge >= 0.3 is 12.1 Å². The first-order valence-electron chi connectivity index (χ1n) is 9.33. The topological polar surface area (TPSA) is 64.7 Å². The largest absolute Gasteiger partial charge is 0.336 e. The average Bonchev–Trinajstić information content (AvgIpc) is 3.07. The number of nitrogens with zero attached hydrogens (tertiary/aromatic N) is 2. The molecule has 0 bridgehead atoms. The Labute approximate surface area is 159 Å². The highest BCUT2D eigenvalue weighted by atomic mass is 16.2. The van der Waals surface area contributed by atoms with E-state index in [0.29, 0.717) is 32.7 Å². The summed E-state index contributed by atoms with van der Waals surface area (Å²) in [5.74, 6) is 0. The van der Waals surface area contributed by atoms with Gasteiger partial charge in [-0.15, -0.1) is 0 Å². The molecule has 1 unspecified atom stereocenters. The zero-order chi connectivity index (χ0) is 18.8. The van der Waals surface area contributed by atoms with Crippen molar-refractivity contribution in [2.24, 2.45) is 0 Å². The maximum absolute atomic E-state index is 12.5. The maximum atomic E-state index is 12.5. The lowest BCUT2D eigenvalue weighted by atomic mass is 10.0. The summed E-state index contributed by atoms with van der Waals surface area (Å²) in [7, 11) is 0. The summed E-state index contributed by atoms with van der Waals surface area (Å²) in [5, 5.41) is 5.82. The van der Waals surface area contributed by atoms with Crippen LogP contribution < -0.4 is 10.6 Å². The highest BCUT2D eigenvalue weighted by molar-refractivity contribution is 5.78. The Morgan fingerprint density at radius 2 is 1.96 bits per heavy atom. The Balaban J connectivity index is 1.32. The number of carbonyl (C=O) groups excluding carboxylic acids is 2. The van der Waals surface area contributed by atoms with E-state index in [2.05, 4.69) is 66.1 Å². The number of aryl methyl sites for hydroxylation is 1. The number of nitrogens with one attached hydrogen (secondary N) is 2. The second-order valence-electron chi connectivity index (χ2n) is 7.20. The van der Waals surface area contributed by atoms with Crippen molar-refractivity contribution in [3.8, 4) is 11.1 Å². The number of hydrogen-bond acceptors (Lipinski definition) is 2. The van der Waals surface area contributed by atoms with Gasteiger partial charge in [-0.3, -0.25) is 0 Å². The normalized spacial score (nSPS) is 18.9. The lowest BCUT2D eigenvalue weighted by molar-refractivity contribution is 0.129. The smallest absolute Gasteiger partial charge is 0.317 e. The van der Waals surface area contributed by atoms with Gasteiger partial charge in [-0.05, 0) is 23.6 Å². The van der Waals surface area contributed by atoms with Crippen molar-refractivity contribution in [3.05, 3.63) is 59.7 Å². The molecule has 2 aromatic carbocycles. The van der Waals surface area contributed by atoms with Crippen LogP contribution in [0.3, 0.4) is 0 Å². The first-order valence-corrected chi connectivity index (χ1v) is 9.33. The molecule has 6 nitrogen and oxygen atoms in total. The Bertz CT molecular complexity index is 850. The quantitative estimate of drug-likeness (QED) is 0.879. The minimum Gasteiger partial charge on any atom is -0.336 e. The van der Waals surface area contributed by atoms with Crippen LogP contribution in [-0.2, 0) is 6.54 Å². The van der Waals surface area contributed by atoms with E-state index >= 15 is 0 Å². The van der Waals surface area contributed by atoms with Gasteiger partial charge in [0.25, 0.3) is 0 Å². The van der Waals surface area contributed by atoms with Gasteiger partial charge in [0.15, 0.2) is 0 Å². The molecule has 0 spiro atoms. The van der Waals surface area contributed by atoms with E-state index in [4.69, 9.17) is 0 Å². The number of hydrogen-bond donors (Lipinski definition) is 2. The van der Waals surface area contributed by atoms with Gasteiger partial charge in [0, 0.05) is 32.7 Å². The molecule has 1 atom stereocenters. The van der Waals surface area contributed by atoms with Crippen molar-refractivity contribution in [1.29, 1.82) is 0 Å². The molecular formula is C21H24N4O2. The number of urea groups is 2. The van der Waals surface area contributed by atoms with Crippen LogP contribution in [0.1, 0.15) is 11.1 Å². The Morgan fingerprint density at radius 3 is 2.74 bits per heavy atom. The summed E-state index contributed by atoms with van der Waals surface area (Å²) in [5.41, 5.74) is 4.67. The highest BCUT2D eigenvalue weighted by Gasteiger charge is 2.36. The van der Waals surface area contributed by atoms with Crippen molar-refractivity contribution in [1.82, 2.24) is 20.4 Å². The molecule has 2 aromatic rings. The number of carbonyl (C=O) groups is 2. The first kappa shape index (κ1) is 17.4. The third-order valence-corrected chi connectivity index (χ3v) is 5.27. The molecule has 0 saturated carbocycles. The van der Waals surface area contributed by atoms with Crippen molar-refractivity contribution >= 4 is 12.1 Å². The minimum atomic E-state index is -0.0724. The molecule has 140 valence electrons. The molecule has 4 amide bonds. The predicted molar refractivity (Wildman–Crippen MR) is 104 cm³/mol. The highest BCUT2D eigenvalue weighted by Crippen LogP contribution is 2.21. The number of benzene rings is 2. The van der Waals surface area contributed by atoms with Crippen LogP contribution in [0.15, 0.2) is 48.5 Å². The molecule has 27 heavy (non-hydrogen) atoms. The Kier molecular flexibility index (Phi) is 4.71. The van der Waals surface area contributed by atoms with Crippen LogP contribution in [0.5, 0.6) is 0 Å². The Morgan fingerprint density at radius 1 is 1.15 bits per heavy atom. The second kappa shape index (κ2) is 7.31. The predicted octanol–water partition coefficient (Wildman–Crippen LogP) is 2.58. The fourth-order valence-corrected chi connectivity index (χ4v) is 3.72. The molecule has 6 heteroatoms. The van der Waals surface area contributed by atoms with Gasteiger partial charge in [-0.2, -0.15) is 0 Å². The summed E-state index contributed by atoms with van der Waals surface area (Å²) >= 11 is 0. The molecule has 2 N–H and O–H groups in total. The van der Waals surface area contributed by atoms with Gasteiger partial charge in [-0.25, -0.2) is 9.59 Å². The summed E-state index contributed by atoms with van der Waals surface area (Å²) < 4.78 is 0. The molecular weight excluding hydrogens is 340 g/mol. The van der Waals surface area contributed by atoms with Crippen LogP contribution in [-0.4, -0.2) is 54.1 Å². The van der Waals surface area contributed by atoms with Gasteiger partial charge in [-0.1, -0.05) is 54.1 Å². The van der Waals surface area contributed by atoms with E-state index in [1.807, 2.05) is 4.90 Å². The van der Waals surface area contributed by atoms with Crippen LogP contribution >= 0.6 is 0 Å². The lowest BCUT2D eigenvalue weighted by Gasteiger charge is -2.36. The number of rotatable bonds is 3. The molecule has 0 aromatic heterocycles. The van der Waals surface area contributed by atoms with E-state index in [1.54, 1.807) is 4.90 Å². The number of amides is 4. The zero-order valence-electron chi connectivity index (χ0n) is 15.4. The molecule has 2 saturated heterocycles. The average molecular weight is 364 g/mol. The monoisotopic (exact) mass is 364 g/mol. The van der Waals surface area contributed by atoms with Crippen LogP contribution in [0.2, 0.25) is 0 Å². The first-order chi connectivity index (χ1) is 13.1. The van der Waals surface area contributed by atoms with Crippen molar-refractivity contribution in [2.75, 3.05) is 26.2 Å². The van der Waals surface area contributed by atoms with Gasteiger partial charge in [0.05, 0.1) is 6.04 Å². The van der Waals surface area contributed by atoms with Crippen LogP contribution in [0, 0.1) is 6.92 Å². The van der Waals surface area contributed by atoms with E-state index < -0.39 is 0 Å². The van der Waals surface area contributed by atoms with E-state index in [0.717, 1.165) is 5.56 Å². The summed E-state index contributed by atoms with van der Waals surface area (Å²) in [4.78, 5) is 27.7. The number of fused-ring (bicyclic) bond motifs is 1. The molecule has 4 rings (SSSR count). The standard InChI is InChI=1S/C21H24N4O2/c1-15-3-2-4-18(11-15)17-7-5-16(6-8-17)12-22-20(26)24-9-10-25-19(14-24)13-23-21(25)27/h2-8,11,19H,9-10,12-14H2,1H3,(H,22,26)(H,23,27). The lowest BCUT2D eigenvalue weighted by Crippen LogP contribution is -2.55.